The smallest absolute Gasteiger partial charge is 0.232 e. The van der Waals surface area contributed by atoms with Crippen LogP contribution in [0.4, 0.5) is 5.69 Å². The average molecular weight is 431 g/mol. The molecule has 0 aromatic heterocycles. The lowest BCUT2D eigenvalue weighted by Crippen LogP contribution is -2.41. The van der Waals surface area contributed by atoms with Crippen LogP contribution in [0.15, 0.2) is 48.5 Å². The van der Waals surface area contributed by atoms with E-state index in [0.29, 0.717) is 18.5 Å². The Kier molecular flexibility index (Phi) is 6.41. The van der Waals surface area contributed by atoms with Crippen molar-refractivity contribution in [3.05, 3.63) is 59.7 Å². The van der Waals surface area contributed by atoms with Crippen LogP contribution in [0, 0.1) is 6.92 Å². The predicted octanol–water partition coefficient (Wildman–Crippen LogP) is 3.96. The van der Waals surface area contributed by atoms with Crippen molar-refractivity contribution in [2.24, 2.45) is 0 Å². The van der Waals surface area contributed by atoms with Crippen molar-refractivity contribution in [3.63, 3.8) is 0 Å². The highest BCUT2D eigenvalue weighted by atomic mass is 32.2. The van der Waals surface area contributed by atoms with E-state index < -0.39 is 10.0 Å². The van der Waals surface area contributed by atoms with Crippen LogP contribution >= 0.6 is 0 Å². The maximum absolute atomic E-state index is 12.7. The van der Waals surface area contributed by atoms with E-state index in [9.17, 15) is 13.2 Å². The number of nitrogens with zero attached hydrogens (tertiary/aromatic N) is 1. The molecule has 1 N–H and O–H groups in total. The number of ether oxygens (including phenoxy) is 1. The maximum atomic E-state index is 12.7. The molecule has 0 saturated carbocycles. The standard InChI is InChI=1S/C23H30N2O4S/c1-17-12-13-21-19(15-17)20(16-23(2,3)29-21)24-22(26)11-8-14-25(30(4,27)28)18-9-6-5-7-10-18/h5-7,9-10,12-13,15,20H,8,11,14,16H2,1-4H3,(H,24,26)/t20-/m1/s1. The Hall–Kier alpha value is -2.54. The minimum atomic E-state index is -3.42. The Balaban J connectivity index is 1.64. The highest BCUT2D eigenvalue weighted by Crippen LogP contribution is 2.39. The lowest BCUT2D eigenvalue weighted by molar-refractivity contribution is -0.122. The van der Waals surface area contributed by atoms with Gasteiger partial charge in [0, 0.05) is 24.9 Å². The number of aryl methyl sites for hydroxylation is 1. The van der Waals surface area contributed by atoms with E-state index in [0.717, 1.165) is 16.9 Å². The molecule has 0 aliphatic carbocycles. The molecule has 2 aromatic carbocycles. The van der Waals surface area contributed by atoms with Crippen molar-refractivity contribution in [1.82, 2.24) is 5.32 Å². The summed E-state index contributed by atoms with van der Waals surface area (Å²) in [5.74, 6) is 0.709. The molecule has 1 aliphatic rings. The van der Waals surface area contributed by atoms with Gasteiger partial charge in [-0.1, -0.05) is 35.9 Å². The number of benzene rings is 2. The van der Waals surface area contributed by atoms with Crippen LogP contribution in [0.5, 0.6) is 5.75 Å². The number of fused-ring (bicyclic) bond motifs is 1. The molecule has 6 nitrogen and oxygen atoms in total. The molecule has 1 amide bonds. The number of nitrogens with one attached hydrogen (secondary N) is 1. The maximum Gasteiger partial charge on any atom is 0.232 e. The molecule has 2 aromatic rings. The van der Waals surface area contributed by atoms with E-state index >= 15 is 0 Å². The van der Waals surface area contributed by atoms with Crippen LogP contribution < -0.4 is 14.4 Å². The van der Waals surface area contributed by atoms with Gasteiger partial charge >= 0.3 is 0 Å². The summed E-state index contributed by atoms with van der Waals surface area (Å²) in [5.41, 5.74) is 2.34. The monoisotopic (exact) mass is 430 g/mol. The van der Waals surface area contributed by atoms with E-state index in [4.69, 9.17) is 4.74 Å². The fourth-order valence-electron chi connectivity index (χ4n) is 3.83. The van der Waals surface area contributed by atoms with E-state index in [1.54, 1.807) is 24.3 Å². The molecular formula is C23H30N2O4S. The fraction of sp³-hybridized carbons (Fsp3) is 0.435. The first kappa shape index (κ1) is 22.2. The zero-order chi connectivity index (χ0) is 21.9. The molecule has 162 valence electrons. The topological polar surface area (TPSA) is 75.7 Å². The third-order valence-corrected chi connectivity index (χ3v) is 6.36. The molecule has 0 spiro atoms. The third kappa shape index (κ3) is 5.53. The number of anilines is 1. The van der Waals surface area contributed by atoms with Gasteiger partial charge in [-0.3, -0.25) is 9.10 Å². The van der Waals surface area contributed by atoms with Crippen LogP contribution in [0.2, 0.25) is 0 Å². The van der Waals surface area contributed by atoms with Gasteiger partial charge in [-0.25, -0.2) is 8.42 Å². The number of amides is 1. The zero-order valence-electron chi connectivity index (χ0n) is 18.0. The van der Waals surface area contributed by atoms with Gasteiger partial charge in [-0.2, -0.15) is 0 Å². The van der Waals surface area contributed by atoms with Crippen molar-refractivity contribution in [2.75, 3.05) is 17.1 Å². The Bertz CT molecular complexity index is 1000. The first-order valence-electron chi connectivity index (χ1n) is 10.2. The number of hydrogen-bond acceptors (Lipinski definition) is 4. The Morgan fingerprint density at radius 2 is 1.90 bits per heavy atom. The predicted molar refractivity (Wildman–Crippen MR) is 119 cm³/mol. The number of carbonyl (C=O) groups is 1. The van der Waals surface area contributed by atoms with Gasteiger partial charge in [0.15, 0.2) is 0 Å². The van der Waals surface area contributed by atoms with Gasteiger partial charge in [-0.05, 0) is 45.4 Å². The molecule has 1 atom stereocenters. The highest BCUT2D eigenvalue weighted by Gasteiger charge is 2.34. The number of carbonyl (C=O) groups excluding carboxylic acids is 1. The normalized spacial score (nSPS) is 17.5. The summed E-state index contributed by atoms with van der Waals surface area (Å²) in [6, 6.07) is 14.8. The van der Waals surface area contributed by atoms with Crippen LogP contribution in [0.3, 0.4) is 0 Å². The van der Waals surface area contributed by atoms with Gasteiger partial charge in [0.1, 0.15) is 11.4 Å². The molecule has 3 rings (SSSR count). The molecule has 0 fully saturated rings. The summed E-state index contributed by atoms with van der Waals surface area (Å²) < 4.78 is 31.8. The SMILES string of the molecule is Cc1ccc2c(c1)[C@H](NC(=O)CCCN(c1ccccc1)S(C)(=O)=O)CC(C)(C)O2. The van der Waals surface area contributed by atoms with E-state index in [1.807, 2.05) is 39.0 Å². The second-order valence-corrected chi connectivity index (χ2v) is 10.4. The first-order chi connectivity index (χ1) is 14.0. The molecular weight excluding hydrogens is 400 g/mol. The van der Waals surface area contributed by atoms with Crippen LogP contribution in [0.25, 0.3) is 0 Å². The summed E-state index contributed by atoms with van der Waals surface area (Å²) in [7, 11) is -3.42. The van der Waals surface area contributed by atoms with Gasteiger partial charge < -0.3 is 10.1 Å². The minimum absolute atomic E-state index is 0.0910. The molecule has 1 heterocycles. The lowest BCUT2D eigenvalue weighted by atomic mass is 9.89. The van der Waals surface area contributed by atoms with Crippen LogP contribution in [0.1, 0.15) is 50.3 Å². The largest absolute Gasteiger partial charge is 0.487 e. The van der Waals surface area contributed by atoms with Crippen molar-refractivity contribution < 1.29 is 17.9 Å². The second-order valence-electron chi connectivity index (χ2n) is 8.50. The van der Waals surface area contributed by atoms with Gasteiger partial charge in [0.25, 0.3) is 0 Å². The third-order valence-electron chi connectivity index (χ3n) is 5.17. The van der Waals surface area contributed by atoms with Crippen LogP contribution in [-0.2, 0) is 14.8 Å². The quantitative estimate of drug-likeness (QED) is 0.721. The second kappa shape index (κ2) is 8.68. The average Bonchev–Trinajstić information content (AvgIpc) is 2.65. The van der Waals surface area contributed by atoms with Crippen LogP contribution in [-0.4, -0.2) is 32.7 Å². The Labute approximate surface area is 179 Å². The number of rotatable bonds is 7. The number of sulfonamides is 1. The van der Waals surface area contributed by atoms with E-state index in [-0.39, 0.29) is 30.5 Å². The Morgan fingerprint density at radius 3 is 2.57 bits per heavy atom. The van der Waals surface area contributed by atoms with Crippen molar-refractivity contribution in [1.29, 1.82) is 0 Å². The van der Waals surface area contributed by atoms with Gasteiger partial charge in [-0.15, -0.1) is 0 Å². The minimum Gasteiger partial charge on any atom is -0.487 e. The van der Waals surface area contributed by atoms with Gasteiger partial charge in [0.05, 0.1) is 18.0 Å². The molecule has 30 heavy (non-hydrogen) atoms. The Morgan fingerprint density at radius 1 is 1.20 bits per heavy atom. The summed E-state index contributed by atoms with van der Waals surface area (Å²) in [6.45, 7) is 6.30. The van der Waals surface area contributed by atoms with Crippen molar-refractivity contribution in [3.8, 4) is 5.75 Å². The number of para-hydroxylation sites is 1. The van der Waals surface area contributed by atoms with E-state index in [1.165, 1.54) is 10.6 Å². The molecule has 0 saturated heterocycles. The molecule has 1 aliphatic heterocycles. The molecule has 0 bridgehead atoms. The number of hydrogen-bond donors (Lipinski definition) is 1. The molecule has 0 radical (unpaired) electrons. The van der Waals surface area contributed by atoms with Crippen molar-refractivity contribution in [2.45, 2.75) is 51.7 Å². The first-order valence-corrected chi connectivity index (χ1v) is 12.0. The lowest BCUT2D eigenvalue weighted by Gasteiger charge is -2.38. The highest BCUT2D eigenvalue weighted by molar-refractivity contribution is 7.92. The van der Waals surface area contributed by atoms with E-state index in [2.05, 4.69) is 11.4 Å². The summed E-state index contributed by atoms with van der Waals surface area (Å²) >= 11 is 0. The molecule has 7 heteroatoms. The summed E-state index contributed by atoms with van der Waals surface area (Å²) in [4.78, 5) is 12.7. The molecule has 0 unspecified atom stereocenters. The zero-order valence-corrected chi connectivity index (χ0v) is 18.8. The van der Waals surface area contributed by atoms with Crippen molar-refractivity contribution >= 4 is 21.6 Å². The summed E-state index contributed by atoms with van der Waals surface area (Å²) in [6.07, 6.45) is 2.54. The van der Waals surface area contributed by atoms with Gasteiger partial charge in [0.2, 0.25) is 15.9 Å². The summed E-state index contributed by atoms with van der Waals surface area (Å²) in [5, 5.41) is 3.12. The fourth-order valence-corrected chi connectivity index (χ4v) is 4.80.